The second-order valence-corrected chi connectivity index (χ2v) is 7.53. The van der Waals surface area contributed by atoms with Crippen LogP contribution in [0, 0.1) is 5.82 Å². The number of hydrogen-bond acceptors (Lipinski definition) is 6. The van der Waals surface area contributed by atoms with Gasteiger partial charge in [0.25, 0.3) is 0 Å². The molecular formula is C24H23FO6. The molecule has 0 radical (unpaired) electrons. The molecule has 1 aliphatic rings. The van der Waals surface area contributed by atoms with E-state index in [9.17, 15) is 24.8 Å². The van der Waals surface area contributed by atoms with Crippen molar-refractivity contribution in [2.45, 2.75) is 25.2 Å². The van der Waals surface area contributed by atoms with Crippen LogP contribution >= 0.6 is 0 Å². The molecule has 0 saturated heterocycles. The molecule has 3 aromatic rings. The Morgan fingerprint density at radius 3 is 2.39 bits per heavy atom. The monoisotopic (exact) mass is 426 g/mol. The molecule has 0 aromatic heterocycles. The van der Waals surface area contributed by atoms with Gasteiger partial charge in [0.05, 0.1) is 13.7 Å². The summed E-state index contributed by atoms with van der Waals surface area (Å²) in [7, 11) is 1.38. The number of fused-ring (bicyclic) bond motifs is 1. The Morgan fingerprint density at radius 2 is 1.71 bits per heavy atom. The summed E-state index contributed by atoms with van der Waals surface area (Å²) in [6.45, 7) is 2.09. The van der Waals surface area contributed by atoms with Gasteiger partial charge < -0.3 is 29.9 Å². The Labute approximate surface area is 178 Å². The maximum absolute atomic E-state index is 14.3. The average Bonchev–Trinajstić information content (AvgIpc) is 2.76. The lowest BCUT2D eigenvalue weighted by molar-refractivity contribution is 0.244. The van der Waals surface area contributed by atoms with Crippen LogP contribution < -0.4 is 9.47 Å². The van der Waals surface area contributed by atoms with E-state index in [1.54, 1.807) is 24.3 Å². The number of ether oxygens (including phenoxy) is 2. The van der Waals surface area contributed by atoms with Crippen LogP contribution in [0.3, 0.4) is 0 Å². The molecule has 1 aliphatic heterocycles. The zero-order valence-corrected chi connectivity index (χ0v) is 17.1. The number of aromatic hydroxyl groups is 4. The zero-order chi connectivity index (χ0) is 22.3. The topological polar surface area (TPSA) is 99.4 Å². The molecule has 4 rings (SSSR count). The Balaban J connectivity index is 1.93. The van der Waals surface area contributed by atoms with Crippen LogP contribution in [0.2, 0.25) is 0 Å². The van der Waals surface area contributed by atoms with Crippen molar-refractivity contribution in [3.8, 4) is 34.5 Å². The van der Waals surface area contributed by atoms with Gasteiger partial charge in [0, 0.05) is 23.0 Å². The molecule has 3 aromatic carbocycles. The number of phenolic OH excluding ortho intramolecular Hbond substituents is 4. The predicted octanol–water partition coefficient (Wildman–Crippen LogP) is 4.53. The first-order valence-electron chi connectivity index (χ1n) is 9.91. The van der Waals surface area contributed by atoms with Gasteiger partial charge in [-0.15, -0.1) is 0 Å². The van der Waals surface area contributed by atoms with E-state index in [4.69, 9.17) is 9.47 Å². The minimum Gasteiger partial charge on any atom is -0.508 e. The molecular weight excluding hydrogens is 403 g/mol. The van der Waals surface area contributed by atoms with Crippen molar-refractivity contribution >= 4 is 0 Å². The molecule has 31 heavy (non-hydrogen) atoms. The highest BCUT2D eigenvalue weighted by Gasteiger charge is 2.36. The molecule has 1 heterocycles. The van der Waals surface area contributed by atoms with Crippen molar-refractivity contribution in [1.29, 1.82) is 0 Å². The summed E-state index contributed by atoms with van der Waals surface area (Å²) in [5, 5.41) is 40.1. The fourth-order valence-electron chi connectivity index (χ4n) is 4.28. The molecule has 0 amide bonds. The Hall–Kier alpha value is -3.61. The van der Waals surface area contributed by atoms with E-state index in [0.717, 1.165) is 5.56 Å². The lowest BCUT2D eigenvalue weighted by Gasteiger charge is -2.36. The highest BCUT2D eigenvalue weighted by Crippen LogP contribution is 2.51. The molecule has 7 heteroatoms. The number of benzene rings is 3. The number of rotatable bonds is 4. The number of halogens is 1. The number of methoxy groups -OCH3 is 1. The van der Waals surface area contributed by atoms with Crippen LogP contribution in [0.5, 0.6) is 34.5 Å². The van der Waals surface area contributed by atoms with Gasteiger partial charge in [-0.25, -0.2) is 4.39 Å². The molecule has 0 saturated carbocycles. The lowest BCUT2D eigenvalue weighted by Crippen LogP contribution is -2.26. The third-order valence-electron chi connectivity index (χ3n) is 5.82. The number of hydrogen-bond donors (Lipinski definition) is 4. The largest absolute Gasteiger partial charge is 0.508 e. The van der Waals surface area contributed by atoms with Crippen LogP contribution in [-0.4, -0.2) is 34.1 Å². The van der Waals surface area contributed by atoms with Crippen molar-refractivity contribution in [3.63, 3.8) is 0 Å². The average molecular weight is 426 g/mol. The minimum absolute atomic E-state index is 0.108. The molecule has 0 fully saturated rings. The van der Waals surface area contributed by atoms with Gasteiger partial charge in [-0.1, -0.05) is 19.1 Å². The first-order valence-corrected chi connectivity index (χ1v) is 9.91. The molecule has 6 nitrogen and oxygen atoms in total. The minimum atomic E-state index is -0.745. The first-order chi connectivity index (χ1) is 14.8. The normalized spacial score (nSPS) is 17.6. The first kappa shape index (κ1) is 20.7. The van der Waals surface area contributed by atoms with Crippen LogP contribution in [0.4, 0.5) is 4.39 Å². The summed E-state index contributed by atoms with van der Waals surface area (Å²) in [4.78, 5) is 0. The highest BCUT2D eigenvalue weighted by atomic mass is 19.1. The Morgan fingerprint density at radius 1 is 0.968 bits per heavy atom. The maximum atomic E-state index is 14.3. The van der Waals surface area contributed by atoms with Crippen LogP contribution in [0.15, 0.2) is 42.5 Å². The van der Waals surface area contributed by atoms with E-state index in [-0.39, 0.29) is 35.5 Å². The van der Waals surface area contributed by atoms with Crippen molar-refractivity contribution in [2.24, 2.45) is 0 Å². The lowest BCUT2D eigenvalue weighted by atomic mass is 9.75. The number of phenols is 4. The van der Waals surface area contributed by atoms with E-state index in [1.165, 1.54) is 25.3 Å². The SMILES string of the molecule is CCc1c(O)ccc2c1OCC(c1cc(O)c(O)c(OC)c1)C2c1ccc(O)c(F)c1. The summed E-state index contributed by atoms with van der Waals surface area (Å²) in [5.41, 5.74) is 2.64. The van der Waals surface area contributed by atoms with Crippen LogP contribution in [0.1, 0.15) is 41.0 Å². The van der Waals surface area contributed by atoms with E-state index in [0.29, 0.717) is 28.9 Å². The summed E-state index contributed by atoms with van der Waals surface area (Å²) in [5.74, 6) is -1.89. The Bertz CT molecular complexity index is 1140. The molecule has 0 aliphatic carbocycles. The zero-order valence-electron chi connectivity index (χ0n) is 17.1. The van der Waals surface area contributed by atoms with Crippen LogP contribution in [-0.2, 0) is 6.42 Å². The predicted molar refractivity (Wildman–Crippen MR) is 112 cm³/mol. The van der Waals surface area contributed by atoms with Crippen LogP contribution in [0.25, 0.3) is 0 Å². The molecule has 162 valence electrons. The quantitative estimate of drug-likeness (QED) is 0.458. The van der Waals surface area contributed by atoms with E-state index in [1.807, 2.05) is 6.92 Å². The Kier molecular flexibility index (Phi) is 5.27. The molecule has 2 unspecified atom stereocenters. The summed E-state index contributed by atoms with van der Waals surface area (Å²) >= 11 is 0. The van der Waals surface area contributed by atoms with Gasteiger partial charge in [-0.05, 0) is 47.9 Å². The molecule has 4 N–H and O–H groups in total. The third-order valence-corrected chi connectivity index (χ3v) is 5.82. The van der Waals surface area contributed by atoms with E-state index in [2.05, 4.69) is 0 Å². The van der Waals surface area contributed by atoms with Gasteiger partial charge in [-0.3, -0.25) is 0 Å². The van der Waals surface area contributed by atoms with Crippen molar-refractivity contribution < 1.29 is 34.3 Å². The van der Waals surface area contributed by atoms with E-state index < -0.39 is 17.5 Å². The summed E-state index contributed by atoms with van der Waals surface area (Å²) < 4.78 is 25.5. The van der Waals surface area contributed by atoms with Gasteiger partial charge in [-0.2, -0.15) is 0 Å². The second-order valence-electron chi connectivity index (χ2n) is 7.53. The standard InChI is InChI=1S/C24H23FO6/c1-3-14-18(26)7-5-15-22(12-4-6-19(27)17(25)8-12)16(11-31-24(14)15)13-9-20(28)23(29)21(10-13)30-2/h4-10,16,22,26-29H,3,11H2,1-2H3. The molecule has 0 bridgehead atoms. The van der Waals surface area contributed by atoms with Gasteiger partial charge in [0.2, 0.25) is 5.75 Å². The fourth-order valence-corrected chi connectivity index (χ4v) is 4.28. The summed E-state index contributed by atoms with van der Waals surface area (Å²) in [6, 6.07) is 10.6. The van der Waals surface area contributed by atoms with Crippen molar-refractivity contribution in [2.75, 3.05) is 13.7 Å². The smallest absolute Gasteiger partial charge is 0.200 e. The summed E-state index contributed by atoms with van der Waals surface area (Å²) in [6.07, 6.45) is 0.546. The molecule has 2 atom stereocenters. The van der Waals surface area contributed by atoms with Crippen molar-refractivity contribution in [3.05, 3.63) is 70.5 Å². The molecule has 0 spiro atoms. The van der Waals surface area contributed by atoms with E-state index >= 15 is 0 Å². The highest BCUT2D eigenvalue weighted by molar-refractivity contribution is 5.58. The second kappa shape index (κ2) is 7.91. The van der Waals surface area contributed by atoms with Gasteiger partial charge >= 0.3 is 0 Å². The maximum Gasteiger partial charge on any atom is 0.200 e. The third kappa shape index (κ3) is 3.46. The van der Waals surface area contributed by atoms with Gasteiger partial charge in [0.15, 0.2) is 23.1 Å². The fraction of sp³-hybridized carbons (Fsp3) is 0.250. The van der Waals surface area contributed by atoms with Gasteiger partial charge in [0.1, 0.15) is 11.5 Å². The van der Waals surface area contributed by atoms with Crippen molar-refractivity contribution in [1.82, 2.24) is 0 Å².